The quantitative estimate of drug-likeness (QED) is 0.273. The van der Waals surface area contributed by atoms with Gasteiger partial charge in [0, 0.05) is 70.5 Å². The number of aromatic nitrogens is 3. The first-order valence-electron chi connectivity index (χ1n) is 15.7. The highest BCUT2D eigenvalue weighted by Crippen LogP contribution is 2.44. The standard InChI is InChI=1S/C32H50FN7O3/c1-8-40(24(4)5)31(41)26-18-25(33)10-11-28(26)43-30-29(34-22-35-36-30)38-16-13-32(19-38)20-39(21-32)27(23(2)3)12-15-37(6)14-9-17-42-7/h10-11,18,22-24,27H,8-9,12-17,19-21H2,1-7H3/t27-/m1/s1. The molecule has 0 bridgehead atoms. The Morgan fingerprint density at radius 3 is 2.60 bits per heavy atom. The highest BCUT2D eigenvalue weighted by molar-refractivity contribution is 5.97. The van der Waals surface area contributed by atoms with E-state index in [-0.39, 0.29) is 34.6 Å². The molecule has 2 fully saturated rings. The van der Waals surface area contributed by atoms with Gasteiger partial charge in [-0.25, -0.2) is 9.37 Å². The van der Waals surface area contributed by atoms with Crippen LogP contribution in [0.4, 0.5) is 10.2 Å². The molecule has 10 nitrogen and oxygen atoms in total. The van der Waals surface area contributed by atoms with Crippen LogP contribution in [0.3, 0.4) is 0 Å². The zero-order valence-corrected chi connectivity index (χ0v) is 27.1. The molecule has 1 atom stereocenters. The van der Waals surface area contributed by atoms with Gasteiger partial charge in [-0.2, -0.15) is 0 Å². The number of carbonyl (C=O) groups excluding carboxylic acids is 1. The highest BCUT2D eigenvalue weighted by atomic mass is 19.1. The Kier molecular flexibility index (Phi) is 11.3. The molecule has 3 heterocycles. The molecule has 4 rings (SSSR count). The van der Waals surface area contributed by atoms with E-state index in [1.165, 1.54) is 24.5 Å². The van der Waals surface area contributed by atoms with Crippen molar-refractivity contribution in [3.63, 3.8) is 0 Å². The van der Waals surface area contributed by atoms with Gasteiger partial charge in [-0.1, -0.05) is 13.8 Å². The molecule has 0 saturated carbocycles. The highest BCUT2D eigenvalue weighted by Gasteiger charge is 2.50. The molecule has 43 heavy (non-hydrogen) atoms. The molecule has 1 aromatic carbocycles. The van der Waals surface area contributed by atoms with Crippen molar-refractivity contribution in [2.45, 2.75) is 66.0 Å². The molecule has 0 unspecified atom stereocenters. The molecule has 2 aromatic rings. The second-order valence-electron chi connectivity index (χ2n) is 12.8. The lowest BCUT2D eigenvalue weighted by Crippen LogP contribution is -2.62. The van der Waals surface area contributed by atoms with Gasteiger partial charge in [-0.15, -0.1) is 10.2 Å². The minimum atomic E-state index is -0.499. The van der Waals surface area contributed by atoms with E-state index in [1.807, 2.05) is 20.8 Å². The molecule has 0 N–H and O–H groups in total. The molecular formula is C32H50FN7O3. The van der Waals surface area contributed by atoms with Crippen molar-refractivity contribution in [1.29, 1.82) is 0 Å². The fraction of sp³-hybridized carbons (Fsp3) is 0.688. The van der Waals surface area contributed by atoms with Crippen LogP contribution in [0.5, 0.6) is 11.6 Å². The van der Waals surface area contributed by atoms with Crippen LogP contribution in [-0.2, 0) is 4.74 Å². The van der Waals surface area contributed by atoms with E-state index in [9.17, 15) is 9.18 Å². The number of carbonyl (C=O) groups is 1. The molecule has 0 aliphatic carbocycles. The average molecular weight is 600 g/mol. The third-order valence-corrected chi connectivity index (χ3v) is 8.92. The topological polar surface area (TPSA) is 87.2 Å². The molecule has 2 aliphatic heterocycles. The number of likely N-dealkylation sites (tertiary alicyclic amines) is 1. The molecular weight excluding hydrogens is 549 g/mol. The summed E-state index contributed by atoms with van der Waals surface area (Å²) in [4.78, 5) is 26.8. The second-order valence-corrected chi connectivity index (χ2v) is 12.8. The molecule has 2 saturated heterocycles. The number of hydrogen-bond donors (Lipinski definition) is 0. The minimum Gasteiger partial charge on any atom is -0.434 e. The predicted octanol–water partition coefficient (Wildman–Crippen LogP) is 4.57. The third kappa shape index (κ3) is 7.99. The molecule has 238 valence electrons. The van der Waals surface area contributed by atoms with Gasteiger partial charge in [0.05, 0.1) is 5.56 Å². The minimum absolute atomic E-state index is 0.0395. The van der Waals surface area contributed by atoms with Crippen molar-refractivity contribution in [2.24, 2.45) is 11.3 Å². The summed E-state index contributed by atoms with van der Waals surface area (Å²) >= 11 is 0. The first-order chi connectivity index (χ1) is 20.6. The second kappa shape index (κ2) is 14.7. The van der Waals surface area contributed by atoms with Crippen LogP contribution >= 0.6 is 0 Å². The van der Waals surface area contributed by atoms with E-state index in [0.29, 0.717) is 24.3 Å². The zero-order valence-electron chi connectivity index (χ0n) is 27.1. The molecule has 1 spiro atoms. The van der Waals surface area contributed by atoms with Crippen molar-refractivity contribution < 1.29 is 18.7 Å². The lowest BCUT2D eigenvalue weighted by Gasteiger charge is -2.53. The summed E-state index contributed by atoms with van der Waals surface area (Å²) in [6, 6.07) is 4.50. The number of ether oxygens (including phenoxy) is 2. The maximum Gasteiger partial charge on any atom is 0.282 e. The number of halogens is 1. The van der Waals surface area contributed by atoms with Crippen LogP contribution in [0.2, 0.25) is 0 Å². The Labute approximate surface area is 256 Å². The van der Waals surface area contributed by atoms with Gasteiger partial charge in [0.2, 0.25) is 0 Å². The van der Waals surface area contributed by atoms with Gasteiger partial charge in [-0.3, -0.25) is 9.69 Å². The summed E-state index contributed by atoms with van der Waals surface area (Å²) in [5.41, 5.74) is 0.360. The number of nitrogens with zero attached hydrogens (tertiary/aromatic N) is 7. The lowest BCUT2D eigenvalue weighted by atomic mass is 9.76. The SMILES string of the molecule is CCN(C(=O)c1cc(F)ccc1Oc1nncnc1N1CCC2(C1)CN([C@H](CCN(C)CCCOC)C(C)C)C2)C(C)C. The Morgan fingerprint density at radius 1 is 1.16 bits per heavy atom. The maximum atomic E-state index is 14.3. The summed E-state index contributed by atoms with van der Waals surface area (Å²) in [5, 5.41) is 8.22. The lowest BCUT2D eigenvalue weighted by molar-refractivity contribution is -0.0354. The monoisotopic (exact) mass is 599 g/mol. The molecule has 2 aliphatic rings. The van der Waals surface area contributed by atoms with Gasteiger partial charge in [-0.05, 0) is 77.7 Å². The molecule has 1 amide bonds. The molecule has 0 radical (unpaired) electrons. The van der Waals surface area contributed by atoms with Crippen LogP contribution in [0.15, 0.2) is 24.5 Å². The van der Waals surface area contributed by atoms with Crippen molar-refractivity contribution >= 4 is 11.7 Å². The first-order valence-corrected chi connectivity index (χ1v) is 15.7. The Bertz CT molecular complexity index is 1210. The van der Waals surface area contributed by atoms with E-state index in [2.05, 4.69) is 50.8 Å². The molecule has 1 aromatic heterocycles. The number of benzene rings is 1. The number of amides is 1. The average Bonchev–Trinajstić information content (AvgIpc) is 3.40. The smallest absolute Gasteiger partial charge is 0.282 e. The Balaban J connectivity index is 1.42. The van der Waals surface area contributed by atoms with Crippen LogP contribution in [0, 0.1) is 17.2 Å². The first kappa shape index (κ1) is 33.0. The number of anilines is 1. The zero-order chi connectivity index (χ0) is 31.1. The van der Waals surface area contributed by atoms with Crippen molar-refractivity contribution in [3.8, 4) is 11.6 Å². The van der Waals surface area contributed by atoms with E-state index in [0.717, 1.165) is 65.1 Å². The summed E-state index contributed by atoms with van der Waals surface area (Å²) < 4.78 is 25.7. The third-order valence-electron chi connectivity index (χ3n) is 8.92. The summed E-state index contributed by atoms with van der Waals surface area (Å²) in [5.74, 6) is 0.857. The Morgan fingerprint density at radius 2 is 1.93 bits per heavy atom. The number of rotatable bonds is 15. The normalized spacial score (nSPS) is 17.2. The summed E-state index contributed by atoms with van der Waals surface area (Å²) in [7, 11) is 3.95. The van der Waals surface area contributed by atoms with Crippen molar-refractivity contribution in [1.82, 2.24) is 29.9 Å². The van der Waals surface area contributed by atoms with E-state index >= 15 is 0 Å². The van der Waals surface area contributed by atoms with Crippen LogP contribution in [-0.4, -0.2) is 114 Å². The van der Waals surface area contributed by atoms with Gasteiger partial charge < -0.3 is 24.2 Å². The Hall–Kier alpha value is -2.89. The predicted molar refractivity (Wildman–Crippen MR) is 166 cm³/mol. The molecule has 11 heteroatoms. The van der Waals surface area contributed by atoms with Crippen LogP contribution < -0.4 is 9.64 Å². The van der Waals surface area contributed by atoms with Crippen LogP contribution in [0.1, 0.15) is 64.2 Å². The summed E-state index contributed by atoms with van der Waals surface area (Å²) in [6.45, 7) is 17.7. The van der Waals surface area contributed by atoms with Crippen LogP contribution in [0.25, 0.3) is 0 Å². The van der Waals surface area contributed by atoms with E-state index < -0.39 is 5.82 Å². The van der Waals surface area contributed by atoms with Gasteiger partial charge >= 0.3 is 0 Å². The van der Waals surface area contributed by atoms with Crippen molar-refractivity contribution in [2.75, 3.05) is 71.5 Å². The summed E-state index contributed by atoms with van der Waals surface area (Å²) in [6.07, 6.45) is 4.70. The van der Waals surface area contributed by atoms with Gasteiger partial charge in [0.15, 0.2) is 5.82 Å². The number of hydrogen-bond acceptors (Lipinski definition) is 9. The van der Waals surface area contributed by atoms with Gasteiger partial charge in [0.25, 0.3) is 11.8 Å². The van der Waals surface area contributed by atoms with E-state index in [1.54, 1.807) is 12.0 Å². The maximum absolute atomic E-state index is 14.3. The van der Waals surface area contributed by atoms with Crippen molar-refractivity contribution in [3.05, 3.63) is 35.9 Å². The van der Waals surface area contributed by atoms with Gasteiger partial charge in [0.1, 0.15) is 17.9 Å². The number of methoxy groups -OCH3 is 1. The van der Waals surface area contributed by atoms with E-state index in [4.69, 9.17) is 9.47 Å². The largest absolute Gasteiger partial charge is 0.434 e. The fourth-order valence-electron chi connectivity index (χ4n) is 6.61. The fourth-order valence-corrected chi connectivity index (χ4v) is 6.61.